The topological polar surface area (TPSA) is 62.1 Å². The van der Waals surface area contributed by atoms with Gasteiger partial charge in [0.25, 0.3) is 5.91 Å². The SMILES string of the molecule is Cc1cccc2cc(C(=O)N(C)C3CCC(N)CC3)[nH]c12. The molecule has 1 saturated carbocycles. The van der Waals surface area contributed by atoms with Crippen molar-refractivity contribution >= 4 is 16.8 Å². The summed E-state index contributed by atoms with van der Waals surface area (Å²) in [6.45, 7) is 2.05. The number of aromatic nitrogens is 1. The molecule has 1 aromatic heterocycles. The van der Waals surface area contributed by atoms with Crippen LogP contribution in [-0.4, -0.2) is 34.9 Å². The third kappa shape index (κ3) is 2.68. The van der Waals surface area contributed by atoms with E-state index in [9.17, 15) is 4.79 Å². The highest BCUT2D eigenvalue weighted by Gasteiger charge is 2.26. The van der Waals surface area contributed by atoms with E-state index in [0.29, 0.717) is 17.8 Å². The summed E-state index contributed by atoms with van der Waals surface area (Å²) in [4.78, 5) is 17.8. The predicted molar refractivity (Wildman–Crippen MR) is 85.4 cm³/mol. The Morgan fingerprint density at radius 1 is 1.29 bits per heavy atom. The molecule has 0 spiro atoms. The first-order valence-electron chi connectivity index (χ1n) is 7.67. The van der Waals surface area contributed by atoms with Gasteiger partial charge in [-0.25, -0.2) is 0 Å². The Morgan fingerprint density at radius 3 is 2.67 bits per heavy atom. The first-order chi connectivity index (χ1) is 10.1. The molecule has 21 heavy (non-hydrogen) atoms. The Labute approximate surface area is 125 Å². The Hall–Kier alpha value is -1.81. The maximum Gasteiger partial charge on any atom is 0.270 e. The Balaban J connectivity index is 1.81. The summed E-state index contributed by atoms with van der Waals surface area (Å²) in [6, 6.07) is 8.68. The van der Waals surface area contributed by atoms with E-state index >= 15 is 0 Å². The summed E-state index contributed by atoms with van der Waals surface area (Å²) in [5.74, 6) is 0.0751. The minimum atomic E-state index is 0.0751. The van der Waals surface area contributed by atoms with Gasteiger partial charge in [0.2, 0.25) is 0 Å². The van der Waals surface area contributed by atoms with Crippen LogP contribution in [0.15, 0.2) is 24.3 Å². The van der Waals surface area contributed by atoms with E-state index < -0.39 is 0 Å². The largest absolute Gasteiger partial charge is 0.350 e. The summed E-state index contributed by atoms with van der Waals surface area (Å²) >= 11 is 0. The summed E-state index contributed by atoms with van der Waals surface area (Å²) in [5, 5.41) is 1.09. The highest BCUT2D eigenvalue weighted by Crippen LogP contribution is 2.24. The average Bonchev–Trinajstić information content (AvgIpc) is 2.92. The van der Waals surface area contributed by atoms with Crippen molar-refractivity contribution in [1.82, 2.24) is 9.88 Å². The number of amides is 1. The van der Waals surface area contributed by atoms with Crippen molar-refractivity contribution in [2.24, 2.45) is 5.73 Å². The Morgan fingerprint density at radius 2 is 2.00 bits per heavy atom. The second-order valence-corrected chi connectivity index (χ2v) is 6.21. The van der Waals surface area contributed by atoms with Crippen LogP contribution < -0.4 is 5.73 Å². The average molecular weight is 285 g/mol. The van der Waals surface area contributed by atoms with Gasteiger partial charge in [0, 0.05) is 30.0 Å². The molecule has 1 aliphatic carbocycles. The molecule has 0 aliphatic heterocycles. The smallest absolute Gasteiger partial charge is 0.270 e. The molecular weight excluding hydrogens is 262 g/mol. The maximum absolute atomic E-state index is 12.7. The molecule has 3 rings (SSSR count). The minimum absolute atomic E-state index is 0.0751. The number of carbonyl (C=O) groups is 1. The lowest BCUT2D eigenvalue weighted by atomic mass is 9.91. The van der Waals surface area contributed by atoms with Crippen molar-refractivity contribution in [2.75, 3.05) is 7.05 Å². The first-order valence-corrected chi connectivity index (χ1v) is 7.67. The summed E-state index contributed by atoms with van der Waals surface area (Å²) in [5.41, 5.74) is 8.84. The van der Waals surface area contributed by atoms with E-state index in [2.05, 4.69) is 18.0 Å². The molecule has 4 nitrogen and oxygen atoms in total. The number of hydrogen-bond donors (Lipinski definition) is 2. The van der Waals surface area contributed by atoms with Gasteiger partial charge >= 0.3 is 0 Å². The minimum Gasteiger partial charge on any atom is -0.350 e. The Bertz CT molecular complexity index is 653. The van der Waals surface area contributed by atoms with Crippen molar-refractivity contribution < 1.29 is 4.79 Å². The lowest BCUT2D eigenvalue weighted by molar-refractivity contribution is 0.0685. The molecule has 0 bridgehead atoms. The van der Waals surface area contributed by atoms with Crippen LogP contribution >= 0.6 is 0 Å². The number of carbonyl (C=O) groups excluding carboxylic acids is 1. The predicted octanol–water partition coefficient (Wildman–Crippen LogP) is 2.82. The van der Waals surface area contributed by atoms with E-state index in [1.54, 1.807) is 0 Å². The zero-order chi connectivity index (χ0) is 15.0. The van der Waals surface area contributed by atoms with Gasteiger partial charge in [-0.2, -0.15) is 0 Å². The number of fused-ring (bicyclic) bond motifs is 1. The van der Waals surface area contributed by atoms with Gasteiger partial charge in [0.15, 0.2) is 0 Å². The van der Waals surface area contributed by atoms with Gasteiger partial charge in [0.05, 0.1) is 0 Å². The highest BCUT2D eigenvalue weighted by atomic mass is 16.2. The molecule has 112 valence electrons. The van der Waals surface area contributed by atoms with Crippen molar-refractivity contribution in [3.63, 3.8) is 0 Å². The molecule has 0 unspecified atom stereocenters. The van der Waals surface area contributed by atoms with Gasteiger partial charge in [-0.15, -0.1) is 0 Å². The standard InChI is InChI=1S/C17H23N3O/c1-11-4-3-5-12-10-15(19-16(11)12)17(21)20(2)14-8-6-13(18)7-9-14/h3-5,10,13-14,19H,6-9,18H2,1-2H3. The van der Waals surface area contributed by atoms with Crippen LogP contribution in [0.5, 0.6) is 0 Å². The number of rotatable bonds is 2. The number of aromatic amines is 1. The summed E-state index contributed by atoms with van der Waals surface area (Å²) in [7, 11) is 1.90. The monoisotopic (exact) mass is 285 g/mol. The number of benzene rings is 1. The molecule has 1 aliphatic rings. The molecule has 1 heterocycles. The fourth-order valence-electron chi connectivity index (χ4n) is 3.27. The molecule has 4 heteroatoms. The first kappa shape index (κ1) is 14.1. The van der Waals surface area contributed by atoms with Crippen LogP contribution in [-0.2, 0) is 0 Å². The number of para-hydroxylation sites is 1. The second-order valence-electron chi connectivity index (χ2n) is 6.21. The second kappa shape index (κ2) is 5.53. The molecular formula is C17H23N3O. The van der Waals surface area contributed by atoms with Crippen LogP contribution in [0.1, 0.15) is 41.7 Å². The number of nitrogens with two attached hydrogens (primary N) is 1. The van der Waals surface area contributed by atoms with E-state index in [0.717, 1.165) is 42.1 Å². The van der Waals surface area contributed by atoms with E-state index in [4.69, 9.17) is 5.73 Å². The van der Waals surface area contributed by atoms with Crippen LogP contribution in [0.25, 0.3) is 10.9 Å². The van der Waals surface area contributed by atoms with Crippen LogP contribution in [0.2, 0.25) is 0 Å². The zero-order valence-corrected chi connectivity index (χ0v) is 12.7. The third-order valence-corrected chi connectivity index (χ3v) is 4.70. The van der Waals surface area contributed by atoms with Gasteiger partial charge in [-0.3, -0.25) is 4.79 Å². The van der Waals surface area contributed by atoms with Gasteiger partial charge < -0.3 is 15.6 Å². The van der Waals surface area contributed by atoms with Crippen molar-refractivity contribution in [3.8, 4) is 0 Å². The number of nitrogens with one attached hydrogen (secondary N) is 1. The van der Waals surface area contributed by atoms with Gasteiger partial charge in [0.1, 0.15) is 5.69 Å². The van der Waals surface area contributed by atoms with Gasteiger partial charge in [-0.1, -0.05) is 18.2 Å². The van der Waals surface area contributed by atoms with Crippen molar-refractivity contribution in [1.29, 1.82) is 0 Å². The summed E-state index contributed by atoms with van der Waals surface area (Å²) in [6.07, 6.45) is 4.02. The van der Waals surface area contributed by atoms with Gasteiger partial charge in [-0.05, 0) is 44.2 Å². The molecule has 1 fully saturated rings. The zero-order valence-electron chi connectivity index (χ0n) is 12.7. The third-order valence-electron chi connectivity index (χ3n) is 4.70. The van der Waals surface area contributed by atoms with Crippen molar-refractivity contribution in [2.45, 2.75) is 44.7 Å². The van der Waals surface area contributed by atoms with Crippen LogP contribution in [0, 0.1) is 6.92 Å². The van der Waals surface area contributed by atoms with Crippen LogP contribution in [0.4, 0.5) is 0 Å². The number of aryl methyl sites for hydroxylation is 1. The Kier molecular flexibility index (Phi) is 3.72. The summed E-state index contributed by atoms with van der Waals surface area (Å²) < 4.78 is 0. The van der Waals surface area contributed by atoms with Crippen molar-refractivity contribution in [3.05, 3.63) is 35.5 Å². The van der Waals surface area contributed by atoms with Crippen LogP contribution in [0.3, 0.4) is 0 Å². The molecule has 0 radical (unpaired) electrons. The van der Waals surface area contributed by atoms with E-state index in [1.165, 1.54) is 0 Å². The number of H-pyrrole nitrogens is 1. The maximum atomic E-state index is 12.7. The molecule has 2 aromatic rings. The number of nitrogens with zero attached hydrogens (tertiary/aromatic N) is 1. The lowest BCUT2D eigenvalue weighted by Crippen LogP contribution is -2.41. The molecule has 1 amide bonds. The fourth-order valence-corrected chi connectivity index (χ4v) is 3.27. The van der Waals surface area contributed by atoms with E-state index in [1.807, 2.05) is 30.1 Å². The fraction of sp³-hybridized carbons (Fsp3) is 0.471. The molecule has 1 aromatic carbocycles. The number of hydrogen-bond acceptors (Lipinski definition) is 2. The molecule has 0 saturated heterocycles. The molecule has 0 atom stereocenters. The quantitative estimate of drug-likeness (QED) is 0.891. The molecule has 3 N–H and O–H groups in total. The highest BCUT2D eigenvalue weighted by molar-refractivity contribution is 5.98. The van der Waals surface area contributed by atoms with E-state index in [-0.39, 0.29) is 5.91 Å². The lowest BCUT2D eigenvalue weighted by Gasteiger charge is -2.33. The normalized spacial score (nSPS) is 22.4.